The largest absolute Gasteiger partial charge is 0.488 e. The zero-order valence-electron chi connectivity index (χ0n) is 13.0. The number of aromatic nitrogens is 2. The van der Waals surface area contributed by atoms with E-state index in [0.29, 0.717) is 24.4 Å². The quantitative estimate of drug-likeness (QED) is 0.782. The van der Waals surface area contributed by atoms with Gasteiger partial charge >= 0.3 is 0 Å². The topological polar surface area (TPSA) is 60.6 Å². The number of benzene rings is 1. The van der Waals surface area contributed by atoms with E-state index in [1.54, 1.807) is 7.11 Å². The molecule has 2 aromatic rings. The van der Waals surface area contributed by atoms with Gasteiger partial charge in [0.25, 0.3) is 5.89 Å². The Hall–Kier alpha value is -1.92. The van der Waals surface area contributed by atoms with Crippen LogP contribution in [0, 0.1) is 0 Å². The molecule has 0 N–H and O–H groups in total. The Morgan fingerprint density at radius 3 is 2.73 bits per heavy atom. The second-order valence-corrected chi connectivity index (χ2v) is 5.47. The van der Waals surface area contributed by atoms with E-state index < -0.39 is 0 Å². The van der Waals surface area contributed by atoms with Crippen molar-refractivity contribution in [3.8, 4) is 17.1 Å². The Morgan fingerprint density at radius 1 is 1.27 bits per heavy atom. The molecule has 6 heteroatoms. The van der Waals surface area contributed by atoms with Gasteiger partial charge in [0, 0.05) is 25.8 Å². The van der Waals surface area contributed by atoms with Gasteiger partial charge in [0.15, 0.2) is 0 Å². The lowest BCUT2D eigenvalue weighted by Crippen LogP contribution is -2.53. The van der Waals surface area contributed by atoms with E-state index in [1.165, 1.54) is 6.42 Å². The van der Waals surface area contributed by atoms with Gasteiger partial charge in [0.05, 0.1) is 0 Å². The van der Waals surface area contributed by atoms with Crippen molar-refractivity contribution in [2.75, 3.05) is 26.7 Å². The van der Waals surface area contributed by atoms with Crippen LogP contribution in [0.5, 0.6) is 5.75 Å². The van der Waals surface area contributed by atoms with Crippen LogP contribution in [0.2, 0.25) is 0 Å². The average molecular weight is 303 g/mol. The maximum absolute atomic E-state index is 5.94. The van der Waals surface area contributed by atoms with Crippen molar-refractivity contribution in [3.63, 3.8) is 0 Å². The Bertz CT molecular complexity index is 591. The monoisotopic (exact) mass is 303 g/mol. The van der Waals surface area contributed by atoms with Crippen molar-refractivity contribution < 1.29 is 14.0 Å². The van der Waals surface area contributed by atoms with Gasteiger partial charge in [-0.3, -0.25) is 4.90 Å². The molecule has 1 saturated heterocycles. The van der Waals surface area contributed by atoms with Gasteiger partial charge in [-0.1, -0.05) is 12.1 Å². The molecule has 0 amide bonds. The molecule has 0 unspecified atom stereocenters. The minimum absolute atomic E-state index is 0.302. The Balaban J connectivity index is 1.56. The van der Waals surface area contributed by atoms with Gasteiger partial charge in [0.2, 0.25) is 5.82 Å². The number of hydrogen-bond donors (Lipinski definition) is 0. The standard InChI is InChI=1S/C16H21N3O3/c1-3-8-19-9-14(10-19)21-13-6-4-12(5-7-13)16-17-15(11-20-2)22-18-16/h4-7,14H,3,8-11H2,1-2H3. The predicted octanol–water partition coefficient (Wildman–Crippen LogP) is 2.36. The SMILES string of the molecule is CCCN1CC(Oc2ccc(-c3noc(COC)n3)cc2)C1. The van der Waals surface area contributed by atoms with Crippen LogP contribution in [0.4, 0.5) is 0 Å². The predicted molar refractivity (Wildman–Crippen MR) is 81.6 cm³/mol. The lowest BCUT2D eigenvalue weighted by molar-refractivity contribution is 0.0203. The van der Waals surface area contributed by atoms with Crippen molar-refractivity contribution in [2.45, 2.75) is 26.1 Å². The normalized spacial score (nSPS) is 15.7. The fourth-order valence-electron chi connectivity index (χ4n) is 2.53. The molecule has 0 radical (unpaired) electrons. The van der Waals surface area contributed by atoms with E-state index in [9.17, 15) is 0 Å². The maximum atomic E-state index is 5.94. The number of rotatable bonds is 7. The third-order valence-corrected chi connectivity index (χ3v) is 3.61. The highest BCUT2D eigenvalue weighted by Gasteiger charge is 2.27. The van der Waals surface area contributed by atoms with Crippen LogP contribution >= 0.6 is 0 Å². The number of hydrogen-bond acceptors (Lipinski definition) is 6. The van der Waals surface area contributed by atoms with Crippen molar-refractivity contribution in [3.05, 3.63) is 30.2 Å². The van der Waals surface area contributed by atoms with Crippen molar-refractivity contribution in [1.29, 1.82) is 0 Å². The van der Waals surface area contributed by atoms with Gasteiger partial charge in [-0.05, 0) is 37.2 Å². The summed E-state index contributed by atoms with van der Waals surface area (Å²) in [5.74, 6) is 1.92. The van der Waals surface area contributed by atoms with E-state index >= 15 is 0 Å². The molecule has 0 atom stereocenters. The van der Waals surface area contributed by atoms with Gasteiger partial charge in [-0.25, -0.2) is 0 Å². The lowest BCUT2D eigenvalue weighted by atomic mass is 10.1. The summed E-state index contributed by atoms with van der Waals surface area (Å²) in [6, 6.07) is 7.78. The molecule has 22 heavy (non-hydrogen) atoms. The van der Waals surface area contributed by atoms with Crippen LogP contribution in [0.1, 0.15) is 19.2 Å². The molecule has 3 rings (SSSR count). The van der Waals surface area contributed by atoms with Crippen LogP contribution in [0.15, 0.2) is 28.8 Å². The van der Waals surface area contributed by atoms with E-state index in [2.05, 4.69) is 22.0 Å². The summed E-state index contributed by atoms with van der Waals surface area (Å²) in [6.07, 6.45) is 1.49. The fraction of sp³-hybridized carbons (Fsp3) is 0.500. The summed E-state index contributed by atoms with van der Waals surface area (Å²) >= 11 is 0. The first-order valence-corrected chi connectivity index (χ1v) is 7.59. The van der Waals surface area contributed by atoms with E-state index in [0.717, 1.165) is 30.9 Å². The van der Waals surface area contributed by atoms with E-state index in [4.69, 9.17) is 14.0 Å². The highest BCUT2D eigenvalue weighted by molar-refractivity contribution is 5.55. The molecule has 0 saturated carbocycles. The first-order valence-electron chi connectivity index (χ1n) is 7.59. The first-order chi connectivity index (χ1) is 10.8. The van der Waals surface area contributed by atoms with Crippen LogP contribution in [-0.4, -0.2) is 47.9 Å². The molecule has 0 spiro atoms. The van der Waals surface area contributed by atoms with Crippen molar-refractivity contribution in [2.24, 2.45) is 0 Å². The summed E-state index contributed by atoms with van der Waals surface area (Å²) in [4.78, 5) is 6.67. The van der Waals surface area contributed by atoms with E-state index in [-0.39, 0.29) is 0 Å². The van der Waals surface area contributed by atoms with E-state index in [1.807, 2.05) is 24.3 Å². The third kappa shape index (κ3) is 3.45. The molecule has 6 nitrogen and oxygen atoms in total. The average Bonchev–Trinajstić information content (AvgIpc) is 2.95. The molecule has 118 valence electrons. The number of methoxy groups -OCH3 is 1. The Morgan fingerprint density at radius 2 is 2.05 bits per heavy atom. The third-order valence-electron chi connectivity index (χ3n) is 3.61. The number of ether oxygens (including phenoxy) is 2. The van der Waals surface area contributed by atoms with Gasteiger partial charge in [-0.2, -0.15) is 4.98 Å². The van der Waals surface area contributed by atoms with Crippen molar-refractivity contribution >= 4 is 0 Å². The van der Waals surface area contributed by atoms with Crippen LogP contribution in [0.3, 0.4) is 0 Å². The zero-order chi connectivity index (χ0) is 15.4. The summed E-state index contributed by atoms with van der Waals surface area (Å²) in [7, 11) is 1.60. The molecule has 1 aliphatic heterocycles. The summed E-state index contributed by atoms with van der Waals surface area (Å²) in [6.45, 7) is 5.70. The minimum atomic E-state index is 0.302. The summed E-state index contributed by atoms with van der Waals surface area (Å²) in [5, 5.41) is 3.94. The molecule has 1 aliphatic rings. The minimum Gasteiger partial charge on any atom is -0.488 e. The second kappa shape index (κ2) is 6.89. The molecule has 0 aliphatic carbocycles. The Labute approximate surface area is 130 Å². The molecule has 1 fully saturated rings. The molecule has 1 aromatic heterocycles. The molecular weight excluding hydrogens is 282 g/mol. The van der Waals surface area contributed by atoms with Crippen LogP contribution < -0.4 is 4.74 Å². The first kappa shape index (κ1) is 15.0. The molecule has 0 bridgehead atoms. The smallest absolute Gasteiger partial charge is 0.252 e. The zero-order valence-corrected chi connectivity index (χ0v) is 13.0. The summed E-state index contributed by atoms with van der Waals surface area (Å²) < 4.78 is 16.0. The highest BCUT2D eigenvalue weighted by Crippen LogP contribution is 2.22. The highest BCUT2D eigenvalue weighted by atomic mass is 16.5. The van der Waals surface area contributed by atoms with Gasteiger partial charge in [-0.15, -0.1) is 0 Å². The van der Waals surface area contributed by atoms with Gasteiger partial charge in [0.1, 0.15) is 18.5 Å². The Kier molecular flexibility index (Phi) is 4.70. The molecule has 2 heterocycles. The maximum Gasteiger partial charge on any atom is 0.252 e. The number of likely N-dealkylation sites (tertiary alicyclic amines) is 1. The number of nitrogens with zero attached hydrogens (tertiary/aromatic N) is 3. The second-order valence-electron chi connectivity index (χ2n) is 5.47. The van der Waals surface area contributed by atoms with Crippen molar-refractivity contribution in [1.82, 2.24) is 15.0 Å². The molecular formula is C16H21N3O3. The molecule has 1 aromatic carbocycles. The van der Waals surface area contributed by atoms with Crippen LogP contribution in [0.25, 0.3) is 11.4 Å². The van der Waals surface area contributed by atoms with Gasteiger partial charge < -0.3 is 14.0 Å². The lowest BCUT2D eigenvalue weighted by Gasteiger charge is -2.38. The fourth-order valence-corrected chi connectivity index (χ4v) is 2.53. The summed E-state index contributed by atoms with van der Waals surface area (Å²) in [5.41, 5.74) is 0.902. The van der Waals surface area contributed by atoms with Crippen LogP contribution in [-0.2, 0) is 11.3 Å².